The second-order valence-corrected chi connectivity index (χ2v) is 4.33. The Morgan fingerprint density at radius 1 is 1.05 bits per heavy atom. The summed E-state index contributed by atoms with van der Waals surface area (Å²) < 4.78 is 4.67. The summed E-state index contributed by atoms with van der Waals surface area (Å²) in [4.78, 5) is 22.7. The number of esters is 1. The van der Waals surface area contributed by atoms with Crippen LogP contribution in [0.15, 0.2) is 42.5 Å². The Hall–Kier alpha value is -2.16. The van der Waals surface area contributed by atoms with Crippen LogP contribution in [0.4, 0.5) is 0 Å². The highest BCUT2D eigenvalue weighted by Crippen LogP contribution is 2.16. The zero-order chi connectivity index (χ0) is 13.7. The number of rotatable bonds is 5. The highest BCUT2D eigenvalue weighted by atomic mass is 16.5. The molecule has 98 valence electrons. The van der Waals surface area contributed by atoms with Crippen LogP contribution in [-0.4, -0.2) is 18.4 Å². The molecule has 0 saturated carbocycles. The molecule has 3 nitrogen and oxygen atoms in total. The lowest BCUT2D eigenvalue weighted by Gasteiger charge is -2.03. The highest BCUT2D eigenvalue weighted by Gasteiger charge is 2.14. The van der Waals surface area contributed by atoms with Crippen molar-refractivity contribution in [1.82, 2.24) is 0 Å². The SMILES string of the molecule is CCOC(=O)C(=O)CCc1ccc2ccccc2c1. The molecule has 0 N–H and O–H groups in total. The first-order valence-corrected chi connectivity index (χ1v) is 6.38. The van der Waals surface area contributed by atoms with E-state index in [9.17, 15) is 9.59 Å². The van der Waals surface area contributed by atoms with E-state index in [2.05, 4.69) is 4.74 Å². The standard InChI is InChI=1S/C16H16O3/c1-2-19-16(18)15(17)10-8-12-7-9-13-5-3-4-6-14(13)11-12/h3-7,9,11H,2,8,10H2,1H3. The number of ether oxygens (including phenoxy) is 1. The normalized spacial score (nSPS) is 10.4. The number of fused-ring (bicyclic) bond motifs is 1. The molecule has 2 aromatic carbocycles. The average Bonchev–Trinajstić information content (AvgIpc) is 2.44. The summed E-state index contributed by atoms with van der Waals surface area (Å²) in [6.45, 7) is 1.93. The molecule has 19 heavy (non-hydrogen) atoms. The van der Waals surface area contributed by atoms with E-state index in [0.29, 0.717) is 6.42 Å². The van der Waals surface area contributed by atoms with E-state index < -0.39 is 11.8 Å². The zero-order valence-electron chi connectivity index (χ0n) is 10.9. The van der Waals surface area contributed by atoms with Gasteiger partial charge < -0.3 is 4.74 Å². The Morgan fingerprint density at radius 2 is 1.79 bits per heavy atom. The van der Waals surface area contributed by atoms with Crippen LogP contribution in [0, 0.1) is 0 Å². The van der Waals surface area contributed by atoms with Crippen molar-refractivity contribution in [1.29, 1.82) is 0 Å². The van der Waals surface area contributed by atoms with E-state index >= 15 is 0 Å². The van der Waals surface area contributed by atoms with Crippen molar-refractivity contribution in [3.8, 4) is 0 Å². The Balaban J connectivity index is 2.02. The van der Waals surface area contributed by atoms with Crippen LogP contribution in [0.3, 0.4) is 0 Å². The van der Waals surface area contributed by atoms with Crippen molar-refractivity contribution in [2.75, 3.05) is 6.61 Å². The van der Waals surface area contributed by atoms with E-state index in [-0.39, 0.29) is 13.0 Å². The third-order valence-corrected chi connectivity index (χ3v) is 2.96. The van der Waals surface area contributed by atoms with Crippen molar-refractivity contribution in [3.63, 3.8) is 0 Å². The molecule has 0 aliphatic rings. The van der Waals surface area contributed by atoms with E-state index in [4.69, 9.17) is 0 Å². The van der Waals surface area contributed by atoms with Gasteiger partial charge in [0.15, 0.2) is 0 Å². The van der Waals surface area contributed by atoms with E-state index in [1.165, 1.54) is 5.39 Å². The second kappa shape index (κ2) is 6.14. The van der Waals surface area contributed by atoms with Gasteiger partial charge in [-0.2, -0.15) is 0 Å². The Labute approximate surface area is 112 Å². The van der Waals surface area contributed by atoms with E-state index in [0.717, 1.165) is 10.9 Å². The molecule has 0 aromatic heterocycles. The molecule has 0 aliphatic heterocycles. The third kappa shape index (κ3) is 3.41. The number of aryl methyl sites for hydroxylation is 1. The number of carbonyl (C=O) groups excluding carboxylic acids is 2. The van der Waals surface area contributed by atoms with Crippen molar-refractivity contribution in [2.45, 2.75) is 19.8 Å². The van der Waals surface area contributed by atoms with Gasteiger partial charge in [0.1, 0.15) is 0 Å². The quantitative estimate of drug-likeness (QED) is 0.610. The Morgan fingerprint density at radius 3 is 2.53 bits per heavy atom. The maximum Gasteiger partial charge on any atom is 0.374 e. The number of hydrogen-bond acceptors (Lipinski definition) is 3. The number of carbonyl (C=O) groups is 2. The van der Waals surface area contributed by atoms with Gasteiger partial charge in [-0.3, -0.25) is 4.79 Å². The number of Topliss-reactive ketones (excluding diaryl/α,β-unsaturated/α-hetero) is 1. The third-order valence-electron chi connectivity index (χ3n) is 2.96. The minimum absolute atomic E-state index is 0.192. The summed E-state index contributed by atoms with van der Waals surface area (Å²) in [5.41, 5.74) is 1.05. The topological polar surface area (TPSA) is 43.4 Å². The van der Waals surface area contributed by atoms with Crippen molar-refractivity contribution >= 4 is 22.5 Å². The lowest BCUT2D eigenvalue weighted by Crippen LogP contribution is -2.17. The minimum Gasteiger partial charge on any atom is -0.460 e. The van der Waals surface area contributed by atoms with Crippen LogP contribution in [0.1, 0.15) is 18.9 Å². The summed E-state index contributed by atoms with van der Waals surface area (Å²) in [7, 11) is 0. The van der Waals surface area contributed by atoms with Gasteiger partial charge in [-0.15, -0.1) is 0 Å². The van der Waals surface area contributed by atoms with Crippen LogP contribution in [-0.2, 0) is 20.7 Å². The lowest BCUT2D eigenvalue weighted by molar-refractivity contribution is -0.153. The summed E-state index contributed by atoms with van der Waals surface area (Å²) >= 11 is 0. The van der Waals surface area contributed by atoms with Gasteiger partial charge in [-0.05, 0) is 29.7 Å². The lowest BCUT2D eigenvalue weighted by atomic mass is 10.0. The fraction of sp³-hybridized carbons (Fsp3) is 0.250. The van der Waals surface area contributed by atoms with E-state index in [1.807, 2.05) is 42.5 Å². The first kappa shape index (κ1) is 13.3. The van der Waals surface area contributed by atoms with Crippen LogP contribution in [0.2, 0.25) is 0 Å². The van der Waals surface area contributed by atoms with Gasteiger partial charge >= 0.3 is 5.97 Å². The maximum atomic E-state index is 11.5. The number of benzene rings is 2. The van der Waals surface area contributed by atoms with Crippen LogP contribution in [0.5, 0.6) is 0 Å². The highest BCUT2D eigenvalue weighted by molar-refractivity contribution is 6.33. The van der Waals surface area contributed by atoms with Crippen molar-refractivity contribution < 1.29 is 14.3 Å². The van der Waals surface area contributed by atoms with Crippen molar-refractivity contribution in [2.24, 2.45) is 0 Å². The monoisotopic (exact) mass is 256 g/mol. The average molecular weight is 256 g/mol. The second-order valence-electron chi connectivity index (χ2n) is 4.33. The van der Waals surface area contributed by atoms with Crippen LogP contribution >= 0.6 is 0 Å². The smallest absolute Gasteiger partial charge is 0.374 e. The summed E-state index contributed by atoms with van der Waals surface area (Å²) in [5.74, 6) is -1.20. The molecule has 2 aromatic rings. The zero-order valence-corrected chi connectivity index (χ0v) is 10.9. The fourth-order valence-electron chi connectivity index (χ4n) is 1.97. The van der Waals surface area contributed by atoms with Gasteiger partial charge in [-0.1, -0.05) is 42.5 Å². The molecule has 3 heteroatoms. The van der Waals surface area contributed by atoms with Gasteiger partial charge in [0.2, 0.25) is 5.78 Å². The summed E-state index contributed by atoms with van der Waals surface area (Å²) in [5, 5.41) is 2.31. The molecular weight excluding hydrogens is 240 g/mol. The predicted molar refractivity (Wildman–Crippen MR) is 73.9 cm³/mol. The molecule has 2 rings (SSSR count). The van der Waals surface area contributed by atoms with Gasteiger partial charge in [0.25, 0.3) is 0 Å². The molecule has 0 unspecified atom stereocenters. The summed E-state index contributed by atoms with van der Waals surface area (Å²) in [6, 6.07) is 14.1. The largest absolute Gasteiger partial charge is 0.460 e. The van der Waals surface area contributed by atoms with Gasteiger partial charge in [-0.25, -0.2) is 4.79 Å². The number of ketones is 1. The van der Waals surface area contributed by atoms with Crippen LogP contribution < -0.4 is 0 Å². The predicted octanol–water partition coefficient (Wildman–Crippen LogP) is 2.90. The Kier molecular flexibility index (Phi) is 4.29. The number of hydrogen-bond donors (Lipinski definition) is 0. The molecule has 0 spiro atoms. The molecule has 0 bridgehead atoms. The fourth-order valence-corrected chi connectivity index (χ4v) is 1.97. The molecule has 0 heterocycles. The van der Waals surface area contributed by atoms with Crippen LogP contribution in [0.25, 0.3) is 10.8 Å². The molecule has 0 aliphatic carbocycles. The maximum absolute atomic E-state index is 11.5. The van der Waals surface area contributed by atoms with E-state index in [1.54, 1.807) is 6.92 Å². The Bertz CT molecular complexity index is 602. The molecule has 0 fully saturated rings. The molecule has 0 atom stereocenters. The first-order chi connectivity index (χ1) is 9.20. The van der Waals surface area contributed by atoms with Gasteiger partial charge in [0.05, 0.1) is 6.61 Å². The molecule has 0 saturated heterocycles. The minimum atomic E-state index is -0.733. The molecule has 0 amide bonds. The van der Waals surface area contributed by atoms with Crippen molar-refractivity contribution in [3.05, 3.63) is 48.0 Å². The molecular formula is C16H16O3. The first-order valence-electron chi connectivity index (χ1n) is 6.38. The summed E-state index contributed by atoms with van der Waals surface area (Å²) in [6.07, 6.45) is 0.750. The van der Waals surface area contributed by atoms with Gasteiger partial charge in [0, 0.05) is 6.42 Å². The molecule has 0 radical (unpaired) electrons.